The fourth-order valence-electron chi connectivity index (χ4n) is 3.22. The molecule has 1 aromatic rings. The van der Waals surface area contributed by atoms with Gasteiger partial charge in [-0.15, -0.1) is 0 Å². The highest BCUT2D eigenvalue weighted by Gasteiger charge is 2.35. The number of nitrogens with zero attached hydrogens (tertiary/aromatic N) is 3. The Kier molecular flexibility index (Phi) is 4.33. The van der Waals surface area contributed by atoms with Gasteiger partial charge in [0.2, 0.25) is 0 Å². The second-order valence-corrected chi connectivity index (χ2v) is 7.03. The molecule has 0 saturated heterocycles. The van der Waals surface area contributed by atoms with Crippen LogP contribution in [0.15, 0.2) is 39.4 Å². The molecular weight excluding hydrogens is 356 g/mol. The lowest BCUT2D eigenvalue weighted by Crippen LogP contribution is -2.31. The number of fused-ring (bicyclic) bond motifs is 3. The van der Waals surface area contributed by atoms with Crippen LogP contribution < -0.4 is 10.2 Å². The minimum absolute atomic E-state index is 0.123. The molecule has 8 nitrogen and oxygen atoms in total. The lowest BCUT2D eigenvalue weighted by molar-refractivity contribution is -0.136. The number of β-amino-alcohol motifs (C(OH)–C–C–N with tert-alkyl or cyclic N) is 1. The maximum atomic E-state index is 12.6. The number of benzene rings is 1. The van der Waals surface area contributed by atoms with Gasteiger partial charge in [0.1, 0.15) is 5.70 Å². The van der Waals surface area contributed by atoms with E-state index in [1.165, 1.54) is 12.0 Å². The smallest absolute Gasteiger partial charge is 0.337 e. The molecular formula is C17H18N4O4S. The molecule has 1 amide bonds. The van der Waals surface area contributed by atoms with Crippen LogP contribution in [0.5, 0.6) is 0 Å². The van der Waals surface area contributed by atoms with E-state index in [-0.39, 0.29) is 36.9 Å². The highest BCUT2D eigenvalue weighted by molar-refractivity contribution is 8.14. The zero-order valence-electron chi connectivity index (χ0n) is 14.2. The van der Waals surface area contributed by atoms with Crippen LogP contribution in [0.1, 0.15) is 0 Å². The van der Waals surface area contributed by atoms with Crippen molar-refractivity contribution in [3.8, 4) is 0 Å². The first-order valence-electron chi connectivity index (χ1n) is 8.25. The molecule has 0 bridgehead atoms. The normalized spacial score (nSPS) is 18.2. The molecule has 0 spiro atoms. The van der Waals surface area contributed by atoms with E-state index in [0.717, 1.165) is 28.8 Å². The third kappa shape index (κ3) is 2.73. The summed E-state index contributed by atoms with van der Waals surface area (Å²) >= 11 is 1.63. The Morgan fingerprint density at radius 1 is 1.46 bits per heavy atom. The van der Waals surface area contributed by atoms with E-state index in [0.29, 0.717) is 5.69 Å². The number of amides is 1. The fraction of sp³-hybridized carbons (Fsp3) is 0.353. The number of hydrogen-bond donors (Lipinski definition) is 2. The van der Waals surface area contributed by atoms with Crippen molar-refractivity contribution >= 4 is 40.2 Å². The van der Waals surface area contributed by atoms with Gasteiger partial charge in [0.05, 0.1) is 38.1 Å². The molecule has 26 heavy (non-hydrogen) atoms. The van der Waals surface area contributed by atoms with Gasteiger partial charge in [0.15, 0.2) is 5.17 Å². The van der Waals surface area contributed by atoms with Gasteiger partial charge >= 0.3 is 5.97 Å². The van der Waals surface area contributed by atoms with Gasteiger partial charge in [-0.05, 0) is 30.0 Å². The van der Waals surface area contributed by atoms with E-state index >= 15 is 0 Å². The maximum absolute atomic E-state index is 12.6. The Hall–Kier alpha value is -2.52. The number of amidine groups is 1. The number of rotatable bonds is 5. The molecule has 0 radical (unpaired) electrons. The summed E-state index contributed by atoms with van der Waals surface area (Å²) in [6.07, 6.45) is 0. The quantitative estimate of drug-likeness (QED) is 0.731. The summed E-state index contributed by atoms with van der Waals surface area (Å²) in [7, 11) is 1.28. The van der Waals surface area contributed by atoms with Gasteiger partial charge in [-0.1, -0.05) is 0 Å². The number of anilines is 2. The second-order valence-electron chi connectivity index (χ2n) is 6.02. The predicted octanol–water partition coefficient (Wildman–Crippen LogP) is 0.642. The van der Waals surface area contributed by atoms with Crippen LogP contribution in [0.25, 0.3) is 0 Å². The summed E-state index contributed by atoms with van der Waals surface area (Å²) < 4.78 is 4.80. The highest BCUT2D eigenvalue weighted by Crippen LogP contribution is 2.43. The zero-order chi connectivity index (χ0) is 18.3. The Labute approximate surface area is 154 Å². The number of carbonyl (C=O) groups excluding carboxylic acids is 2. The molecule has 0 fully saturated rings. The summed E-state index contributed by atoms with van der Waals surface area (Å²) in [5.74, 6) is -0.871. The first-order chi connectivity index (χ1) is 12.6. The molecule has 3 heterocycles. The number of esters is 1. The van der Waals surface area contributed by atoms with Crippen LogP contribution in [0.2, 0.25) is 0 Å². The topological polar surface area (TPSA) is 94.5 Å². The minimum atomic E-state index is -0.549. The SMILES string of the molecule is COC(=O)C1=C(Nc2ccc3c(c2)N2CCN=C2S3)C(=O)N(CCO)C1. The Morgan fingerprint density at radius 2 is 2.31 bits per heavy atom. The molecule has 0 saturated carbocycles. The molecule has 1 aromatic carbocycles. The van der Waals surface area contributed by atoms with Crippen molar-refractivity contribution in [2.24, 2.45) is 4.99 Å². The number of aliphatic hydroxyl groups excluding tert-OH is 1. The van der Waals surface area contributed by atoms with Crippen molar-refractivity contribution in [3.63, 3.8) is 0 Å². The number of carbonyl (C=O) groups is 2. The first kappa shape index (κ1) is 16.9. The van der Waals surface area contributed by atoms with Crippen LogP contribution in [0.3, 0.4) is 0 Å². The minimum Gasteiger partial charge on any atom is -0.466 e. The number of methoxy groups -OCH3 is 1. The van der Waals surface area contributed by atoms with Crippen molar-refractivity contribution < 1.29 is 19.4 Å². The molecule has 2 N–H and O–H groups in total. The van der Waals surface area contributed by atoms with E-state index in [2.05, 4.69) is 15.2 Å². The van der Waals surface area contributed by atoms with E-state index in [1.807, 2.05) is 18.2 Å². The standard InChI is InChI=1S/C17H18N4O4S/c1-25-16(24)11-9-20(6-7-22)15(23)14(11)19-10-2-3-13-12(8-10)21-5-4-18-17(21)26-13/h2-3,8,19,22H,4-7,9H2,1H3. The van der Waals surface area contributed by atoms with Gasteiger partial charge < -0.3 is 25.0 Å². The summed E-state index contributed by atoms with van der Waals surface area (Å²) in [5.41, 5.74) is 2.23. The molecule has 3 aliphatic rings. The van der Waals surface area contributed by atoms with Gasteiger partial charge in [-0.3, -0.25) is 9.79 Å². The number of hydrogen-bond acceptors (Lipinski definition) is 8. The van der Waals surface area contributed by atoms with Crippen LogP contribution >= 0.6 is 11.8 Å². The molecule has 0 atom stereocenters. The van der Waals surface area contributed by atoms with Crippen molar-refractivity contribution in [2.45, 2.75) is 4.90 Å². The van der Waals surface area contributed by atoms with Gasteiger partial charge in [-0.25, -0.2) is 4.79 Å². The number of thioether (sulfide) groups is 1. The molecule has 0 unspecified atom stereocenters. The van der Waals surface area contributed by atoms with Crippen molar-refractivity contribution in [1.82, 2.24) is 4.90 Å². The van der Waals surface area contributed by atoms with Crippen molar-refractivity contribution in [1.29, 1.82) is 0 Å². The third-order valence-corrected chi connectivity index (χ3v) is 5.57. The molecule has 9 heteroatoms. The van der Waals surface area contributed by atoms with Crippen LogP contribution in [-0.4, -0.2) is 66.9 Å². The monoisotopic (exact) mass is 374 g/mol. The van der Waals surface area contributed by atoms with E-state index < -0.39 is 5.97 Å². The number of aliphatic hydroxyl groups is 1. The molecule has 0 aromatic heterocycles. The third-order valence-electron chi connectivity index (χ3n) is 4.48. The summed E-state index contributed by atoms with van der Waals surface area (Å²) in [6.45, 7) is 1.75. The van der Waals surface area contributed by atoms with Crippen LogP contribution in [0.4, 0.5) is 11.4 Å². The average molecular weight is 374 g/mol. The van der Waals surface area contributed by atoms with E-state index in [9.17, 15) is 9.59 Å². The first-order valence-corrected chi connectivity index (χ1v) is 9.06. The second kappa shape index (κ2) is 6.65. The number of aliphatic imine (C=N–C) groups is 1. The van der Waals surface area contributed by atoms with Crippen LogP contribution in [0, 0.1) is 0 Å². The average Bonchev–Trinajstić information content (AvgIpc) is 3.31. The fourth-order valence-corrected chi connectivity index (χ4v) is 4.28. The van der Waals surface area contributed by atoms with Crippen molar-refractivity contribution in [2.75, 3.05) is 50.1 Å². The summed E-state index contributed by atoms with van der Waals surface area (Å²) in [5, 5.41) is 13.2. The lowest BCUT2D eigenvalue weighted by Gasteiger charge is -2.16. The van der Waals surface area contributed by atoms with E-state index in [4.69, 9.17) is 9.84 Å². The largest absolute Gasteiger partial charge is 0.466 e. The number of ether oxygens (including phenoxy) is 1. The van der Waals surface area contributed by atoms with E-state index in [1.54, 1.807) is 11.8 Å². The summed E-state index contributed by atoms with van der Waals surface area (Å²) in [4.78, 5) is 33.8. The zero-order valence-corrected chi connectivity index (χ0v) is 15.0. The maximum Gasteiger partial charge on any atom is 0.337 e. The molecule has 4 rings (SSSR count). The van der Waals surface area contributed by atoms with Gasteiger partial charge in [0.25, 0.3) is 5.91 Å². The molecule has 3 aliphatic heterocycles. The van der Waals surface area contributed by atoms with Gasteiger partial charge in [0, 0.05) is 23.7 Å². The highest BCUT2D eigenvalue weighted by atomic mass is 32.2. The Bertz CT molecular complexity index is 851. The molecule has 136 valence electrons. The van der Waals surface area contributed by atoms with Crippen molar-refractivity contribution in [3.05, 3.63) is 29.5 Å². The number of nitrogens with one attached hydrogen (secondary N) is 1. The predicted molar refractivity (Wildman–Crippen MR) is 98.3 cm³/mol. The Balaban J connectivity index is 1.63. The van der Waals surface area contributed by atoms with Crippen LogP contribution in [-0.2, 0) is 14.3 Å². The van der Waals surface area contributed by atoms with Gasteiger partial charge in [-0.2, -0.15) is 0 Å². The Morgan fingerprint density at radius 3 is 3.08 bits per heavy atom. The molecule has 0 aliphatic carbocycles. The lowest BCUT2D eigenvalue weighted by atomic mass is 10.2. The summed E-state index contributed by atoms with van der Waals surface area (Å²) in [6, 6.07) is 5.81.